The first-order valence-electron chi connectivity index (χ1n) is 10.8. The van der Waals surface area contributed by atoms with Gasteiger partial charge in [0.15, 0.2) is 0 Å². The van der Waals surface area contributed by atoms with Gasteiger partial charge < -0.3 is 15.0 Å². The van der Waals surface area contributed by atoms with Gasteiger partial charge in [0.2, 0.25) is 0 Å². The molecule has 10 heteroatoms. The summed E-state index contributed by atoms with van der Waals surface area (Å²) in [5, 5.41) is 28.3. The Morgan fingerprint density at radius 3 is 2.79 bits per heavy atom. The van der Waals surface area contributed by atoms with Crippen molar-refractivity contribution in [3.05, 3.63) is 55.0 Å². The number of hydrogen-bond acceptors (Lipinski definition) is 8. The molecule has 0 spiro atoms. The number of aliphatic hydroxyl groups excluding tert-OH is 1. The molecule has 1 aliphatic rings. The minimum absolute atomic E-state index is 0.128. The number of hydrogen-bond donors (Lipinski definition) is 3. The molecule has 0 bridgehead atoms. The van der Waals surface area contributed by atoms with E-state index in [-0.39, 0.29) is 6.04 Å². The molecule has 0 radical (unpaired) electrons. The zero-order valence-electron chi connectivity index (χ0n) is 18.5. The van der Waals surface area contributed by atoms with E-state index in [0.29, 0.717) is 31.0 Å². The number of aromatic nitrogens is 6. The number of aromatic amines is 1. The third-order valence-corrected chi connectivity index (χ3v) is 5.97. The van der Waals surface area contributed by atoms with Gasteiger partial charge in [-0.15, -0.1) is 0 Å². The van der Waals surface area contributed by atoms with Crippen LogP contribution in [0.5, 0.6) is 0 Å². The summed E-state index contributed by atoms with van der Waals surface area (Å²) in [7, 11) is 0. The van der Waals surface area contributed by atoms with Crippen LogP contribution in [-0.4, -0.2) is 54.0 Å². The minimum atomic E-state index is -0.859. The monoisotopic (exact) mass is 443 g/mol. The minimum Gasteiger partial charge on any atom is -0.373 e. The van der Waals surface area contributed by atoms with Crippen LogP contribution in [0.25, 0.3) is 22.2 Å². The fraction of sp³-hybridized carbons (Fsp3) is 0.348. The Morgan fingerprint density at radius 1 is 1.21 bits per heavy atom. The van der Waals surface area contributed by atoms with E-state index in [1.54, 1.807) is 18.6 Å². The van der Waals surface area contributed by atoms with Crippen molar-refractivity contribution in [1.82, 2.24) is 35.0 Å². The summed E-state index contributed by atoms with van der Waals surface area (Å²) in [6.45, 7) is 5.10. The molecule has 0 amide bonds. The van der Waals surface area contributed by atoms with Crippen molar-refractivity contribution in [2.45, 2.75) is 38.1 Å². The summed E-state index contributed by atoms with van der Waals surface area (Å²) in [5.74, 6) is 0.708. The highest BCUT2D eigenvalue weighted by atomic mass is 16.3. The number of rotatable bonds is 7. The molecule has 33 heavy (non-hydrogen) atoms. The fourth-order valence-electron chi connectivity index (χ4n) is 4.28. The van der Waals surface area contributed by atoms with E-state index < -0.39 is 11.8 Å². The Kier molecular flexibility index (Phi) is 5.28. The zero-order valence-corrected chi connectivity index (χ0v) is 18.5. The van der Waals surface area contributed by atoms with E-state index >= 15 is 0 Å². The SMILES string of the molecule is CC(C)NC(O)c1cnc(N2CC(CC#N)(n3cc(-c4ccnc5[nH]ccc45)cn3)C2)cn1. The Bertz CT molecular complexity index is 1300. The molecule has 0 aromatic carbocycles. The fourth-order valence-corrected chi connectivity index (χ4v) is 4.28. The molecule has 1 fully saturated rings. The molecule has 1 aliphatic heterocycles. The number of pyridine rings is 1. The normalized spacial score (nSPS) is 16.0. The van der Waals surface area contributed by atoms with Crippen LogP contribution in [0.15, 0.2) is 49.3 Å². The van der Waals surface area contributed by atoms with Crippen molar-refractivity contribution in [3.63, 3.8) is 0 Å². The van der Waals surface area contributed by atoms with Crippen molar-refractivity contribution in [3.8, 4) is 17.2 Å². The molecule has 4 aromatic rings. The summed E-state index contributed by atoms with van der Waals surface area (Å²) in [6.07, 6.45) is 10.2. The van der Waals surface area contributed by atoms with Crippen LogP contribution in [0.1, 0.15) is 32.2 Å². The molecule has 4 aromatic heterocycles. The van der Waals surface area contributed by atoms with Crippen molar-refractivity contribution in [1.29, 1.82) is 5.26 Å². The lowest BCUT2D eigenvalue weighted by atomic mass is 9.87. The Morgan fingerprint density at radius 2 is 2.06 bits per heavy atom. The highest BCUT2D eigenvalue weighted by molar-refractivity contribution is 5.92. The summed E-state index contributed by atoms with van der Waals surface area (Å²) in [5.41, 5.74) is 2.90. The van der Waals surface area contributed by atoms with Gasteiger partial charge in [-0.1, -0.05) is 0 Å². The summed E-state index contributed by atoms with van der Waals surface area (Å²) < 4.78 is 1.90. The van der Waals surface area contributed by atoms with Gasteiger partial charge in [0, 0.05) is 48.7 Å². The van der Waals surface area contributed by atoms with E-state index in [9.17, 15) is 10.4 Å². The highest BCUT2D eigenvalue weighted by Crippen LogP contribution is 2.36. The van der Waals surface area contributed by atoms with Crippen LogP contribution >= 0.6 is 0 Å². The maximum absolute atomic E-state index is 10.2. The van der Waals surface area contributed by atoms with Crippen LogP contribution in [-0.2, 0) is 5.54 Å². The smallest absolute Gasteiger partial charge is 0.149 e. The van der Waals surface area contributed by atoms with Crippen LogP contribution in [0.2, 0.25) is 0 Å². The van der Waals surface area contributed by atoms with Gasteiger partial charge in [-0.2, -0.15) is 10.4 Å². The largest absolute Gasteiger partial charge is 0.373 e. The maximum atomic E-state index is 10.2. The van der Waals surface area contributed by atoms with Crippen LogP contribution in [0.4, 0.5) is 5.82 Å². The molecule has 1 atom stereocenters. The van der Waals surface area contributed by atoms with Crippen molar-refractivity contribution >= 4 is 16.9 Å². The molecule has 0 aliphatic carbocycles. The standard InChI is InChI=1S/C23H25N9O/c1-15(2)30-22(33)19-10-28-20(11-27-19)31-13-23(14-31,5-6-24)32-12-16(9-29-32)17-3-7-25-21-18(17)4-8-26-21/h3-4,7-12,15,22,30,33H,5,13-14H2,1-2H3,(H,25,26). The van der Waals surface area contributed by atoms with Crippen LogP contribution in [0.3, 0.4) is 0 Å². The lowest BCUT2D eigenvalue weighted by Crippen LogP contribution is -2.63. The van der Waals surface area contributed by atoms with Gasteiger partial charge >= 0.3 is 0 Å². The van der Waals surface area contributed by atoms with Gasteiger partial charge in [0.25, 0.3) is 0 Å². The number of H-pyrrole nitrogens is 1. The molecule has 3 N–H and O–H groups in total. The third kappa shape index (κ3) is 3.82. The average Bonchev–Trinajstić information content (AvgIpc) is 3.45. The summed E-state index contributed by atoms with van der Waals surface area (Å²) in [6, 6.07) is 6.42. The van der Waals surface area contributed by atoms with Gasteiger partial charge in [0.05, 0.1) is 31.1 Å². The molecule has 0 saturated carbocycles. The molecule has 5 rings (SSSR count). The molecule has 5 heterocycles. The molecule has 168 valence electrons. The van der Waals surface area contributed by atoms with E-state index in [2.05, 4.69) is 41.3 Å². The number of nitrogens with zero attached hydrogens (tertiary/aromatic N) is 7. The summed E-state index contributed by atoms with van der Waals surface area (Å²) >= 11 is 0. The quantitative estimate of drug-likeness (QED) is 0.371. The first-order chi connectivity index (χ1) is 16.0. The Hall–Kier alpha value is -3.81. The first-order valence-corrected chi connectivity index (χ1v) is 10.8. The van der Waals surface area contributed by atoms with Gasteiger partial charge in [-0.05, 0) is 31.5 Å². The molecule has 1 saturated heterocycles. The number of fused-ring (bicyclic) bond motifs is 1. The van der Waals surface area contributed by atoms with Gasteiger partial charge in [-0.25, -0.2) is 9.97 Å². The molecular weight excluding hydrogens is 418 g/mol. The van der Waals surface area contributed by atoms with E-state index in [1.165, 1.54) is 0 Å². The number of aliphatic hydroxyl groups is 1. The molecule has 1 unspecified atom stereocenters. The second kappa shape index (κ2) is 8.27. The summed E-state index contributed by atoms with van der Waals surface area (Å²) in [4.78, 5) is 18.4. The third-order valence-electron chi connectivity index (χ3n) is 5.97. The second-order valence-corrected chi connectivity index (χ2v) is 8.71. The van der Waals surface area contributed by atoms with E-state index in [1.807, 2.05) is 49.3 Å². The number of anilines is 1. The number of nitrogens with one attached hydrogen (secondary N) is 2. The topological polar surface area (TPSA) is 132 Å². The van der Waals surface area contributed by atoms with E-state index in [0.717, 1.165) is 22.2 Å². The van der Waals surface area contributed by atoms with Crippen LogP contribution in [0, 0.1) is 11.3 Å². The average molecular weight is 444 g/mol. The van der Waals surface area contributed by atoms with Gasteiger partial charge in [0.1, 0.15) is 28.9 Å². The highest BCUT2D eigenvalue weighted by Gasteiger charge is 2.46. The Labute approximate surface area is 190 Å². The predicted octanol–water partition coefficient (Wildman–Crippen LogP) is 2.33. The zero-order chi connectivity index (χ0) is 23.0. The molecular formula is C23H25N9O. The second-order valence-electron chi connectivity index (χ2n) is 8.71. The van der Waals surface area contributed by atoms with Gasteiger partial charge in [-0.3, -0.25) is 15.0 Å². The Balaban J connectivity index is 1.35. The maximum Gasteiger partial charge on any atom is 0.149 e. The first kappa shape index (κ1) is 21.1. The molecule has 10 nitrogen and oxygen atoms in total. The predicted molar refractivity (Wildman–Crippen MR) is 123 cm³/mol. The van der Waals surface area contributed by atoms with E-state index in [4.69, 9.17) is 0 Å². The lowest BCUT2D eigenvalue weighted by molar-refractivity contribution is 0.124. The van der Waals surface area contributed by atoms with Crippen molar-refractivity contribution in [2.24, 2.45) is 0 Å². The lowest BCUT2D eigenvalue weighted by Gasteiger charge is -2.49. The van der Waals surface area contributed by atoms with Crippen molar-refractivity contribution < 1.29 is 5.11 Å². The van der Waals surface area contributed by atoms with Crippen LogP contribution < -0.4 is 10.2 Å². The number of nitriles is 1. The van der Waals surface area contributed by atoms with Crippen molar-refractivity contribution in [2.75, 3.05) is 18.0 Å².